The minimum Gasteiger partial charge on any atom is -0.329 e. The molecule has 0 unspecified atom stereocenters. The van der Waals surface area contributed by atoms with E-state index in [2.05, 4.69) is 35.1 Å². The molecule has 0 aromatic carbocycles. The van der Waals surface area contributed by atoms with E-state index in [-0.39, 0.29) is 34.1 Å². The number of rotatable bonds is 16. The van der Waals surface area contributed by atoms with E-state index in [0.717, 1.165) is 52.4 Å². The normalized spacial score (nSPS) is 11.0. The van der Waals surface area contributed by atoms with Crippen LogP contribution >= 0.6 is 0 Å². The van der Waals surface area contributed by atoms with Crippen LogP contribution in [0.2, 0.25) is 0 Å². The fourth-order valence-corrected chi connectivity index (χ4v) is 1.95. The third kappa shape index (κ3) is 196. The Bertz CT molecular complexity index is 448. The summed E-state index contributed by atoms with van der Waals surface area (Å²) < 4.78 is 136. The zero-order valence-corrected chi connectivity index (χ0v) is 29.5. The van der Waals surface area contributed by atoms with Crippen molar-refractivity contribution in [3.63, 3.8) is 0 Å². The molecule has 0 saturated carbocycles. The molecule has 2 radical (unpaired) electrons. The summed E-state index contributed by atoms with van der Waals surface area (Å²) in [7, 11) is -19.8. The Morgan fingerprint density at radius 1 is 0.370 bits per heavy atom. The van der Waals surface area contributed by atoms with Gasteiger partial charge in [0.2, 0.25) is 0 Å². The van der Waals surface area contributed by atoms with E-state index in [0.29, 0.717) is 38.0 Å². The van der Waals surface area contributed by atoms with Crippen molar-refractivity contribution in [3.05, 3.63) is 0 Å². The molecule has 0 saturated heterocycles. The molecule has 0 aliphatic rings. The summed E-state index contributed by atoms with van der Waals surface area (Å²) in [5.74, 6) is 1.28. The van der Waals surface area contributed by atoms with Gasteiger partial charge in [-0.1, -0.05) is 13.8 Å². The van der Waals surface area contributed by atoms with Crippen molar-refractivity contribution in [2.45, 2.75) is 13.8 Å². The molecular formula is C16H44Cl4Cu2N8O16. The first-order valence-corrected chi connectivity index (χ1v) is 16.7. The summed E-state index contributed by atoms with van der Waals surface area (Å²) in [6, 6.07) is 0. The van der Waals surface area contributed by atoms with Crippen LogP contribution in [-0.4, -0.2) is 78.5 Å². The molecule has 0 fully saturated rings. The van der Waals surface area contributed by atoms with Gasteiger partial charge in [-0.25, -0.2) is 74.5 Å². The van der Waals surface area contributed by atoms with Crippen LogP contribution in [0.1, 0.15) is 13.8 Å². The number of nitrogens with one attached hydrogen (secondary N) is 4. The Labute approximate surface area is 297 Å². The Morgan fingerprint density at radius 3 is 0.565 bits per heavy atom. The van der Waals surface area contributed by atoms with Crippen LogP contribution in [0.15, 0.2) is 0 Å². The zero-order valence-electron chi connectivity index (χ0n) is 24.6. The standard InChI is InChI=1S/2C8H22N4.4ClHO4.2Cu/c2*1-8(6-11-4-2-9)7-12-5-3-10;4*2-1(3,4)5;;/h2*8,11-12H,2-7,9-10H2,1H3;4*(H,2,3,4,5);;/q;;;;;;2*+2/p-4. The zero-order chi connectivity index (χ0) is 36.5. The maximum absolute atomic E-state index is 8.49. The van der Waals surface area contributed by atoms with E-state index in [1.54, 1.807) is 0 Å². The molecular weight excluding hydrogens is 829 g/mol. The molecule has 24 nitrogen and oxygen atoms in total. The molecule has 0 rings (SSSR count). The molecule has 12 N–H and O–H groups in total. The third-order valence-electron chi connectivity index (χ3n) is 3.26. The topological polar surface area (TPSA) is 521 Å². The average molecular weight is 873 g/mol. The van der Waals surface area contributed by atoms with E-state index in [9.17, 15) is 0 Å². The Morgan fingerprint density at radius 2 is 0.478 bits per heavy atom. The maximum atomic E-state index is 8.49. The van der Waals surface area contributed by atoms with Gasteiger partial charge in [0.1, 0.15) is 0 Å². The molecule has 0 spiro atoms. The minimum atomic E-state index is -4.94. The van der Waals surface area contributed by atoms with Gasteiger partial charge in [0.15, 0.2) is 0 Å². The van der Waals surface area contributed by atoms with E-state index in [1.165, 1.54) is 0 Å². The predicted molar refractivity (Wildman–Crippen MR) is 106 cm³/mol. The average Bonchev–Trinajstić information content (AvgIpc) is 2.76. The van der Waals surface area contributed by atoms with Gasteiger partial charge >= 0.3 is 34.1 Å². The molecule has 0 aromatic rings. The SMILES string of the molecule is CC(CNCCN)CNCCN.CC(CNCCN)CNCCN.[Cu+2].[Cu+2].[O-][Cl+3]([O-])([O-])[O-].[O-][Cl+3]([O-])([O-])[O-].[O-][Cl+3]([O-])([O-])[O-].[O-][Cl+3]([O-])([O-])[O-]. The monoisotopic (exact) mass is 870 g/mol. The van der Waals surface area contributed by atoms with Gasteiger partial charge < -0.3 is 44.2 Å². The van der Waals surface area contributed by atoms with Crippen LogP contribution in [0, 0.1) is 52.8 Å². The van der Waals surface area contributed by atoms with Gasteiger partial charge in [0.25, 0.3) is 0 Å². The van der Waals surface area contributed by atoms with E-state index in [1.807, 2.05) is 0 Å². The fourth-order valence-electron chi connectivity index (χ4n) is 1.95. The fraction of sp³-hybridized carbons (Fsp3) is 1.00. The van der Waals surface area contributed by atoms with Crippen molar-refractivity contribution in [2.75, 3.05) is 78.5 Å². The first-order valence-electron chi connectivity index (χ1n) is 11.7. The Hall–Kier alpha value is 1.24. The largest absolute Gasteiger partial charge is 2.00 e. The van der Waals surface area contributed by atoms with Gasteiger partial charge in [-0.3, -0.25) is 0 Å². The van der Waals surface area contributed by atoms with E-state index >= 15 is 0 Å². The molecule has 0 aliphatic heterocycles. The molecule has 294 valence electrons. The molecule has 30 heteroatoms. The third-order valence-corrected chi connectivity index (χ3v) is 3.26. The van der Waals surface area contributed by atoms with Crippen LogP contribution in [-0.2, 0) is 34.1 Å². The van der Waals surface area contributed by atoms with Crippen LogP contribution in [0.5, 0.6) is 0 Å². The van der Waals surface area contributed by atoms with Gasteiger partial charge in [-0.2, -0.15) is 0 Å². The number of hydrogen-bond acceptors (Lipinski definition) is 24. The van der Waals surface area contributed by atoms with Crippen LogP contribution in [0.4, 0.5) is 0 Å². The van der Waals surface area contributed by atoms with Crippen molar-refractivity contribution < 1.29 is 150 Å². The van der Waals surface area contributed by atoms with Gasteiger partial charge in [-0.05, 0) is 38.0 Å². The molecule has 0 aromatic heterocycles. The van der Waals surface area contributed by atoms with Crippen molar-refractivity contribution in [3.8, 4) is 0 Å². The molecule has 0 aliphatic carbocycles. The summed E-state index contributed by atoms with van der Waals surface area (Å²) in [6.45, 7) is 15.0. The van der Waals surface area contributed by atoms with E-state index in [4.69, 9.17) is 97.5 Å². The second kappa shape index (κ2) is 42.4. The summed E-state index contributed by atoms with van der Waals surface area (Å²) >= 11 is 0. The van der Waals surface area contributed by atoms with Crippen molar-refractivity contribution in [1.82, 2.24) is 21.3 Å². The Kier molecular flexibility index (Phi) is 60.5. The summed E-state index contributed by atoms with van der Waals surface area (Å²) in [6.07, 6.45) is 0. The molecule has 0 bridgehead atoms. The second-order valence-electron chi connectivity index (χ2n) is 7.69. The minimum absolute atomic E-state index is 0. The Balaban J connectivity index is -0.0000000657. The van der Waals surface area contributed by atoms with Crippen molar-refractivity contribution in [1.29, 1.82) is 0 Å². The van der Waals surface area contributed by atoms with Gasteiger partial charge in [-0.15, -0.1) is 41.0 Å². The first-order chi connectivity index (χ1) is 19.6. The van der Waals surface area contributed by atoms with Crippen molar-refractivity contribution in [2.24, 2.45) is 34.8 Å². The van der Waals surface area contributed by atoms with Crippen LogP contribution < -0.4 is 119 Å². The number of nitrogens with two attached hydrogens (primary N) is 4. The quantitative estimate of drug-likeness (QED) is 0.0527. The van der Waals surface area contributed by atoms with Crippen LogP contribution in [0.3, 0.4) is 0 Å². The molecule has 0 amide bonds. The number of halogens is 4. The van der Waals surface area contributed by atoms with Crippen molar-refractivity contribution >= 4 is 0 Å². The first kappa shape index (κ1) is 65.6. The maximum Gasteiger partial charge on any atom is 2.00 e. The molecule has 0 atom stereocenters. The van der Waals surface area contributed by atoms with Gasteiger partial charge in [0, 0.05) is 52.4 Å². The van der Waals surface area contributed by atoms with Crippen LogP contribution in [0.25, 0.3) is 0 Å². The van der Waals surface area contributed by atoms with E-state index < -0.39 is 41.0 Å². The molecule has 46 heavy (non-hydrogen) atoms. The second-order valence-corrected chi connectivity index (χ2v) is 10.7. The summed E-state index contributed by atoms with van der Waals surface area (Å²) in [4.78, 5) is 0. The van der Waals surface area contributed by atoms with Gasteiger partial charge in [0.05, 0.1) is 0 Å². The number of hydrogen-bond donors (Lipinski definition) is 8. The molecule has 0 heterocycles. The smallest absolute Gasteiger partial charge is 0.329 e. The predicted octanol–water partition coefficient (Wildman–Crippen LogP) is -21.6. The summed E-state index contributed by atoms with van der Waals surface area (Å²) in [5.41, 5.74) is 21.4. The summed E-state index contributed by atoms with van der Waals surface area (Å²) in [5, 5.41) is 13.1.